The van der Waals surface area contributed by atoms with Gasteiger partial charge in [-0.1, -0.05) is 0 Å². The van der Waals surface area contributed by atoms with Crippen molar-refractivity contribution in [1.82, 2.24) is 10.3 Å². The van der Waals surface area contributed by atoms with E-state index in [0.717, 1.165) is 5.69 Å². The Morgan fingerprint density at radius 2 is 2.38 bits per heavy atom. The molecule has 1 aromatic heterocycles. The highest BCUT2D eigenvalue weighted by Gasteiger charge is 2.21. The van der Waals surface area contributed by atoms with Gasteiger partial charge in [0.05, 0.1) is 18.5 Å². The number of pyridine rings is 1. The Morgan fingerprint density at radius 3 is 2.94 bits per heavy atom. The Labute approximate surface area is 100 Å². The van der Waals surface area contributed by atoms with Crippen molar-refractivity contribution in [2.24, 2.45) is 0 Å². The molecule has 0 atom stereocenters. The van der Waals surface area contributed by atoms with E-state index >= 15 is 0 Å². The first-order valence-electron chi connectivity index (χ1n) is 5.44. The Kier molecular flexibility index (Phi) is 3.56. The van der Waals surface area contributed by atoms with Gasteiger partial charge in [-0.15, -0.1) is 0 Å². The maximum atomic E-state index is 5.25. The quantitative estimate of drug-likeness (QED) is 0.784. The van der Waals surface area contributed by atoms with Crippen LogP contribution < -0.4 is 15.4 Å². The highest BCUT2D eigenvalue weighted by molar-refractivity contribution is 7.80. The minimum atomic E-state index is 0.565. The lowest BCUT2D eigenvalue weighted by Gasteiger charge is -2.09. The lowest BCUT2D eigenvalue weighted by atomic mass is 10.4. The Hall–Kier alpha value is -1.36. The second-order valence-electron chi connectivity index (χ2n) is 3.69. The van der Waals surface area contributed by atoms with Crippen LogP contribution in [0.2, 0.25) is 0 Å². The van der Waals surface area contributed by atoms with Crippen molar-refractivity contribution in [1.29, 1.82) is 0 Å². The molecule has 1 aliphatic rings. The van der Waals surface area contributed by atoms with Crippen LogP contribution in [-0.4, -0.2) is 22.7 Å². The molecular formula is C11H15N3OS. The minimum absolute atomic E-state index is 0.565. The van der Waals surface area contributed by atoms with Gasteiger partial charge in [-0.3, -0.25) is 0 Å². The number of rotatable bonds is 4. The number of nitrogens with one attached hydrogen (secondary N) is 2. The fourth-order valence-electron chi connectivity index (χ4n) is 1.27. The van der Waals surface area contributed by atoms with Gasteiger partial charge in [-0.05, 0) is 38.0 Å². The monoisotopic (exact) mass is 237 g/mol. The third-order valence-electron chi connectivity index (χ3n) is 2.20. The minimum Gasteiger partial charge on any atom is -0.478 e. The summed E-state index contributed by atoms with van der Waals surface area (Å²) in [4.78, 5) is 4.14. The van der Waals surface area contributed by atoms with Gasteiger partial charge in [0.2, 0.25) is 5.88 Å². The summed E-state index contributed by atoms with van der Waals surface area (Å²) in [5, 5.41) is 6.95. The smallest absolute Gasteiger partial charge is 0.213 e. The Bertz CT molecular complexity index is 362. The summed E-state index contributed by atoms with van der Waals surface area (Å²) in [6, 6.07) is 4.29. The molecule has 5 heteroatoms. The van der Waals surface area contributed by atoms with Crippen LogP contribution in [0.3, 0.4) is 0 Å². The molecule has 86 valence electrons. The van der Waals surface area contributed by atoms with E-state index in [1.54, 1.807) is 6.20 Å². The van der Waals surface area contributed by atoms with Crippen LogP contribution in [0, 0.1) is 0 Å². The van der Waals surface area contributed by atoms with Crippen LogP contribution in [0.4, 0.5) is 5.69 Å². The van der Waals surface area contributed by atoms with Gasteiger partial charge in [0, 0.05) is 12.1 Å². The molecule has 0 bridgehead atoms. The van der Waals surface area contributed by atoms with Gasteiger partial charge in [-0.2, -0.15) is 0 Å². The van der Waals surface area contributed by atoms with Crippen molar-refractivity contribution in [3.63, 3.8) is 0 Å². The largest absolute Gasteiger partial charge is 0.478 e. The Morgan fingerprint density at radius 1 is 1.56 bits per heavy atom. The first-order valence-corrected chi connectivity index (χ1v) is 5.85. The van der Waals surface area contributed by atoms with Crippen molar-refractivity contribution < 1.29 is 4.74 Å². The molecule has 0 spiro atoms. The number of hydrogen-bond acceptors (Lipinski definition) is 3. The summed E-state index contributed by atoms with van der Waals surface area (Å²) < 4.78 is 5.25. The molecule has 0 saturated heterocycles. The molecule has 1 aliphatic carbocycles. The van der Waals surface area contributed by atoms with Crippen LogP contribution in [0.1, 0.15) is 19.8 Å². The number of nitrogens with zero attached hydrogens (tertiary/aromatic N) is 1. The van der Waals surface area contributed by atoms with Gasteiger partial charge < -0.3 is 15.4 Å². The van der Waals surface area contributed by atoms with Crippen LogP contribution >= 0.6 is 12.2 Å². The maximum Gasteiger partial charge on any atom is 0.213 e. The zero-order valence-corrected chi connectivity index (χ0v) is 10.0. The van der Waals surface area contributed by atoms with Crippen LogP contribution in [0.15, 0.2) is 18.3 Å². The number of ether oxygens (including phenoxy) is 1. The lowest BCUT2D eigenvalue weighted by Crippen LogP contribution is -2.30. The van der Waals surface area contributed by atoms with E-state index in [-0.39, 0.29) is 0 Å². The second kappa shape index (κ2) is 5.12. The summed E-state index contributed by atoms with van der Waals surface area (Å²) in [6.07, 6.45) is 4.14. The molecule has 1 heterocycles. The van der Waals surface area contributed by atoms with E-state index in [2.05, 4.69) is 15.6 Å². The molecule has 1 aromatic rings. The average molecular weight is 237 g/mol. The van der Waals surface area contributed by atoms with Crippen LogP contribution in [0.25, 0.3) is 0 Å². The van der Waals surface area contributed by atoms with Gasteiger partial charge in [0.1, 0.15) is 0 Å². The summed E-state index contributed by atoms with van der Waals surface area (Å²) in [7, 11) is 0. The summed E-state index contributed by atoms with van der Waals surface area (Å²) in [5.74, 6) is 0.633. The molecule has 1 fully saturated rings. The number of aromatic nitrogens is 1. The number of anilines is 1. The molecule has 0 aromatic carbocycles. The van der Waals surface area contributed by atoms with E-state index < -0.39 is 0 Å². The summed E-state index contributed by atoms with van der Waals surface area (Å²) in [6.45, 7) is 2.56. The van der Waals surface area contributed by atoms with E-state index in [1.165, 1.54) is 12.8 Å². The molecule has 2 rings (SSSR count). The highest BCUT2D eigenvalue weighted by Crippen LogP contribution is 2.19. The fraction of sp³-hybridized carbons (Fsp3) is 0.455. The predicted molar refractivity (Wildman–Crippen MR) is 67.8 cm³/mol. The van der Waals surface area contributed by atoms with Crippen molar-refractivity contribution in [3.05, 3.63) is 18.3 Å². The summed E-state index contributed by atoms with van der Waals surface area (Å²) >= 11 is 5.16. The first kappa shape index (κ1) is 11.1. The molecule has 1 saturated carbocycles. The van der Waals surface area contributed by atoms with E-state index in [0.29, 0.717) is 23.6 Å². The molecule has 0 unspecified atom stereocenters. The Balaban J connectivity index is 1.85. The highest BCUT2D eigenvalue weighted by atomic mass is 32.1. The molecule has 16 heavy (non-hydrogen) atoms. The molecule has 0 amide bonds. The second-order valence-corrected chi connectivity index (χ2v) is 4.10. The molecule has 4 nitrogen and oxygen atoms in total. The first-order chi connectivity index (χ1) is 7.78. The normalized spacial score (nSPS) is 14.3. The zero-order chi connectivity index (χ0) is 11.4. The van der Waals surface area contributed by atoms with Gasteiger partial charge in [0.25, 0.3) is 0 Å². The maximum absolute atomic E-state index is 5.25. The van der Waals surface area contributed by atoms with Gasteiger partial charge >= 0.3 is 0 Å². The van der Waals surface area contributed by atoms with Crippen molar-refractivity contribution in [2.45, 2.75) is 25.8 Å². The third kappa shape index (κ3) is 3.34. The van der Waals surface area contributed by atoms with Crippen molar-refractivity contribution in [3.8, 4) is 5.88 Å². The van der Waals surface area contributed by atoms with Gasteiger partial charge in [0.15, 0.2) is 5.11 Å². The predicted octanol–water partition coefficient (Wildman–Crippen LogP) is 1.93. The molecule has 0 radical (unpaired) electrons. The van der Waals surface area contributed by atoms with Crippen molar-refractivity contribution in [2.75, 3.05) is 11.9 Å². The van der Waals surface area contributed by atoms with E-state index in [1.807, 2.05) is 19.1 Å². The molecular weight excluding hydrogens is 222 g/mol. The third-order valence-corrected chi connectivity index (χ3v) is 2.42. The molecule has 2 N–H and O–H groups in total. The SMILES string of the molecule is CCOc1ccc(NC(=S)NC2CC2)cn1. The van der Waals surface area contributed by atoms with Crippen molar-refractivity contribution >= 4 is 23.0 Å². The van der Waals surface area contributed by atoms with E-state index in [4.69, 9.17) is 17.0 Å². The standard InChI is InChI=1S/C11H15N3OS/c1-2-15-10-6-5-9(7-12-10)14-11(16)13-8-3-4-8/h5-8H,2-4H2,1H3,(H2,13,14,16). The van der Waals surface area contributed by atoms with Gasteiger partial charge in [-0.25, -0.2) is 4.98 Å². The van der Waals surface area contributed by atoms with E-state index in [9.17, 15) is 0 Å². The van der Waals surface area contributed by atoms with Crippen LogP contribution in [-0.2, 0) is 0 Å². The zero-order valence-electron chi connectivity index (χ0n) is 9.19. The number of hydrogen-bond donors (Lipinski definition) is 2. The fourth-order valence-corrected chi connectivity index (χ4v) is 1.55. The molecule has 0 aliphatic heterocycles. The van der Waals surface area contributed by atoms with Crippen LogP contribution in [0.5, 0.6) is 5.88 Å². The number of thiocarbonyl (C=S) groups is 1. The summed E-state index contributed by atoms with van der Waals surface area (Å²) in [5.41, 5.74) is 0.876. The average Bonchev–Trinajstić information content (AvgIpc) is 3.05. The topological polar surface area (TPSA) is 46.2 Å². The lowest BCUT2D eigenvalue weighted by molar-refractivity contribution is 0.327.